The number of nitrogens with zero attached hydrogens (tertiary/aromatic N) is 4. The van der Waals surface area contributed by atoms with Gasteiger partial charge < -0.3 is 14.2 Å². The number of benzene rings is 1. The summed E-state index contributed by atoms with van der Waals surface area (Å²) in [5.74, 6) is 1.25. The number of carbonyl (C=O) groups is 1. The average molecular weight is 365 g/mol. The van der Waals surface area contributed by atoms with Crippen molar-refractivity contribution in [3.63, 3.8) is 0 Å². The molecule has 1 aromatic carbocycles. The average Bonchev–Trinajstić information content (AvgIpc) is 3.40. The predicted octanol–water partition coefficient (Wildman–Crippen LogP) is 2.83. The zero-order chi connectivity index (χ0) is 18.6. The van der Waals surface area contributed by atoms with Crippen molar-refractivity contribution >= 4 is 5.91 Å². The van der Waals surface area contributed by atoms with Gasteiger partial charge in [0.2, 0.25) is 0 Å². The number of aromatic amines is 1. The van der Waals surface area contributed by atoms with Gasteiger partial charge in [0.05, 0.1) is 19.1 Å². The molecule has 1 atom stereocenters. The van der Waals surface area contributed by atoms with Gasteiger partial charge in [-0.3, -0.25) is 9.89 Å². The third-order valence-corrected chi connectivity index (χ3v) is 5.03. The van der Waals surface area contributed by atoms with Crippen LogP contribution in [0.15, 0.2) is 49.1 Å². The number of hydrogen-bond donors (Lipinski definition) is 1. The van der Waals surface area contributed by atoms with E-state index in [1.54, 1.807) is 13.3 Å². The van der Waals surface area contributed by atoms with E-state index in [1.807, 2.05) is 47.8 Å². The molecule has 3 aromatic rings. The molecule has 0 aliphatic carbocycles. The van der Waals surface area contributed by atoms with E-state index < -0.39 is 0 Å². The first kappa shape index (κ1) is 17.3. The lowest BCUT2D eigenvalue weighted by Gasteiger charge is -2.32. The molecule has 140 valence electrons. The summed E-state index contributed by atoms with van der Waals surface area (Å²) in [6, 6.07) is 9.47. The Kier molecular flexibility index (Phi) is 4.91. The Labute approximate surface area is 158 Å². The number of amides is 1. The fourth-order valence-electron chi connectivity index (χ4n) is 3.60. The number of methoxy groups -OCH3 is 1. The van der Waals surface area contributed by atoms with Gasteiger partial charge in [0.25, 0.3) is 5.91 Å². The maximum absolute atomic E-state index is 12.9. The zero-order valence-electron chi connectivity index (χ0n) is 15.3. The second-order valence-electron chi connectivity index (χ2n) is 6.91. The normalized spacial score (nSPS) is 17.1. The standard InChI is InChI=1S/C20H23N5O2/c1-27-17-6-4-16(5-7-17)18-11-19(23-22-18)20(26)25-9-2-3-15(13-25)12-24-10-8-21-14-24/h4-8,10-11,14-15H,2-3,9,12-13H2,1H3,(H,22,23). The van der Waals surface area contributed by atoms with Crippen molar-refractivity contribution in [2.75, 3.05) is 20.2 Å². The van der Waals surface area contributed by atoms with Crippen molar-refractivity contribution in [3.8, 4) is 17.0 Å². The maximum atomic E-state index is 12.9. The van der Waals surface area contributed by atoms with Crippen LogP contribution in [0.25, 0.3) is 11.3 Å². The highest BCUT2D eigenvalue weighted by Gasteiger charge is 2.26. The number of likely N-dealkylation sites (tertiary alicyclic amines) is 1. The molecule has 1 aliphatic heterocycles. The summed E-state index contributed by atoms with van der Waals surface area (Å²) in [6.45, 7) is 2.44. The molecule has 27 heavy (non-hydrogen) atoms. The van der Waals surface area contributed by atoms with Gasteiger partial charge in [-0.25, -0.2) is 4.98 Å². The Morgan fingerprint density at radius 2 is 2.19 bits per heavy atom. The molecule has 7 nitrogen and oxygen atoms in total. The van der Waals surface area contributed by atoms with Crippen molar-refractivity contribution in [3.05, 3.63) is 54.7 Å². The molecule has 0 saturated carbocycles. The first-order chi connectivity index (χ1) is 13.2. The van der Waals surface area contributed by atoms with Crippen LogP contribution in [0.4, 0.5) is 0 Å². The lowest BCUT2D eigenvalue weighted by atomic mass is 9.97. The molecular weight excluding hydrogens is 342 g/mol. The van der Waals surface area contributed by atoms with E-state index in [0.717, 1.165) is 49.5 Å². The molecule has 4 rings (SSSR count). The fraction of sp³-hybridized carbons (Fsp3) is 0.350. The number of aromatic nitrogens is 4. The van der Waals surface area contributed by atoms with Gasteiger partial charge in [-0.2, -0.15) is 5.10 Å². The molecule has 2 aromatic heterocycles. The van der Waals surface area contributed by atoms with Crippen molar-refractivity contribution in [1.82, 2.24) is 24.6 Å². The molecule has 1 saturated heterocycles. The first-order valence-electron chi connectivity index (χ1n) is 9.18. The van der Waals surface area contributed by atoms with Gasteiger partial charge in [0, 0.05) is 37.6 Å². The van der Waals surface area contributed by atoms with E-state index in [1.165, 1.54) is 0 Å². The van der Waals surface area contributed by atoms with Gasteiger partial charge in [-0.1, -0.05) is 0 Å². The number of nitrogens with one attached hydrogen (secondary N) is 1. The summed E-state index contributed by atoms with van der Waals surface area (Å²) in [5.41, 5.74) is 2.24. The van der Waals surface area contributed by atoms with E-state index in [-0.39, 0.29) is 5.91 Å². The summed E-state index contributed by atoms with van der Waals surface area (Å²) in [6.07, 6.45) is 7.73. The lowest BCUT2D eigenvalue weighted by molar-refractivity contribution is 0.0656. The number of carbonyl (C=O) groups excluding carboxylic acids is 1. The summed E-state index contributed by atoms with van der Waals surface area (Å²) in [5, 5.41) is 7.21. The minimum absolute atomic E-state index is 0.0117. The van der Waals surface area contributed by atoms with E-state index >= 15 is 0 Å². The van der Waals surface area contributed by atoms with Crippen molar-refractivity contribution in [2.24, 2.45) is 5.92 Å². The number of imidazole rings is 1. The van der Waals surface area contributed by atoms with Crippen LogP contribution >= 0.6 is 0 Å². The van der Waals surface area contributed by atoms with E-state index in [2.05, 4.69) is 19.7 Å². The molecule has 1 aliphatic rings. The first-order valence-corrected chi connectivity index (χ1v) is 9.18. The third kappa shape index (κ3) is 3.86. The minimum Gasteiger partial charge on any atom is -0.497 e. The predicted molar refractivity (Wildman–Crippen MR) is 101 cm³/mol. The largest absolute Gasteiger partial charge is 0.497 e. The molecule has 1 N–H and O–H groups in total. The monoisotopic (exact) mass is 365 g/mol. The summed E-state index contributed by atoms with van der Waals surface area (Å²) in [7, 11) is 1.64. The molecule has 0 bridgehead atoms. The number of hydrogen-bond acceptors (Lipinski definition) is 4. The molecular formula is C20H23N5O2. The highest BCUT2D eigenvalue weighted by atomic mass is 16.5. The van der Waals surface area contributed by atoms with Crippen LogP contribution in [0.1, 0.15) is 23.3 Å². The Hall–Kier alpha value is -3.09. The van der Waals surface area contributed by atoms with Gasteiger partial charge >= 0.3 is 0 Å². The summed E-state index contributed by atoms with van der Waals surface area (Å²) in [4.78, 5) is 18.9. The summed E-state index contributed by atoms with van der Waals surface area (Å²) >= 11 is 0. The highest BCUT2D eigenvalue weighted by molar-refractivity contribution is 5.93. The van der Waals surface area contributed by atoms with Gasteiger partial charge in [-0.05, 0) is 49.1 Å². The van der Waals surface area contributed by atoms with Crippen LogP contribution in [-0.4, -0.2) is 50.8 Å². The number of ether oxygens (including phenoxy) is 1. The highest BCUT2D eigenvalue weighted by Crippen LogP contribution is 2.23. The van der Waals surface area contributed by atoms with Crippen molar-refractivity contribution in [2.45, 2.75) is 19.4 Å². The molecule has 0 spiro atoms. The van der Waals surface area contributed by atoms with E-state index in [9.17, 15) is 4.79 Å². The Morgan fingerprint density at radius 1 is 1.33 bits per heavy atom. The fourth-order valence-corrected chi connectivity index (χ4v) is 3.60. The Balaban J connectivity index is 1.43. The molecule has 1 fully saturated rings. The molecule has 7 heteroatoms. The summed E-state index contributed by atoms with van der Waals surface area (Å²) < 4.78 is 7.26. The van der Waals surface area contributed by atoms with Crippen LogP contribution in [0.5, 0.6) is 5.75 Å². The molecule has 0 radical (unpaired) electrons. The Bertz CT molecular complexity index is 886. The molecule has 1 unspecified atom stereocenters. The smallest absolute Gasteiger partial charge is 0.271 e. The van der Waals surface area contributed by atoms with Crippen molar-refractivity contribution < 1.29 is 9.53 Å². The van der Waals surface area contributed by atoms with Crippen LogP contribution in [-0.2, 0) is 6.54 Å². The van der Waals surface area contributed by atoms with Crippen LogP contribution in [0.2, 0.25) is 0 Å². The molecule has 3 heterocycles. The van der Waals surface area contributed by atoms with Crippen LogP contribution in [0, 0.1) is 5.92 Å². The van der Waals surface area contributed by atoms with Gasteiger partial charge in [0.15, 0.2) is 0 Å². The van der Waals surface area contributed by atoms with E-state index in [0.29, 0.717) is 11.6 Å². The number of H-pyrrole nitrogens is 1. The number of piperidine rings is 1. The topological polar surface area (TPSA) is 76.0 Å². The van der Waals surface area contributed by atoms with Crippen molar-refractivity contribution in [1.29, 1.82) is 0 Å². The third-order valence-electron chi connectivity index (χ3n) is 5.03. The minimum atomic E-state index is 0.0117. The second-order valence-corrected chi connectivity index (χ2v) is 6.91. The lowest BCUT2D eigenvalue weighted by Crippen LogP contribution is -2.41. The maximum Gasteiger partial charge on any atom is 0.271 e. The second kappa shape index (κ2) is 7.65. The zero-order valence-corrected chi connectivity index (χ0v) is 15.3. The Morgan fingerprint density at radius 3 is 2.93 bits per heavy atom. The SMILES string of the molecule is COc1ccc(-c2cc(C(=O)N3CCCC(Cn4ccnc4)C3)[nH]n2)cc1. The van der Waals surface area contributed by atoms with Crippen LogP contribution < -0.4 is 4.74 Å². The van der Waals surface area contributed by atoms with Crippen LogP contribution in [0.3, 0.4) is 0 Å². The molecule has 1 amide bonds. The number of rotatable bonds is 5. The quantitative estimate of drug-likeness (QED) is 0.754. The van der Waals surface area contributed by atoms with E-state index in [4.69, 9.17) is 4.74 Å². The van der Waals surface area contributed by atoms with Gasteiger partial charge in [0.1, 0.15) is 11.4 Å². The van der Waals surface area contributed by atoms with Gasteiger partial charge in [-0.15, -0.1) is 0 Å².